The van der Waals surface area contributed by atoms with Crippen molar-refractivity contribution in [1.82, 2.24) is 40.2 Å². The van der Waals surface area contributed by atoms with Crippen LogP contribution in [0.2, 0.25) is 0 Å². The van der Waals surface area contributed by atoms with Gasteiger partial charge < -0.3 is 40.2 Å². The fourth-order valence-corrected chi connectivity index (χ4v) is 11.6. The zero-order valence-corrected chi connectivity index (χ0v) is 41.0. The molecular weight excluding hydrogens is 849 g/mol. The fraction of sp³-hybridized carbons (Fsp3) is 0.571. The Morgan fingerprint density at radius 3 is 1.35 bits per heavy atom. The van der Waals surface area contributed by atoms with Gasteiger partial charge in [0.25, 0.3) is 0 Å². The van der Waals surface area contributed by atoms with Crippen molar-refractivity contribution in [2.45, 2.75) is 166 Å². The summed E-state index contributed by atoms with van der Waals surface area (Å²) in [6, 6.07) is 15.3. The summed E-state index contributed by atoms with van der Waals surface area (Å²) in [5.41, 5.74) is 4.63. The van der Waals surface area contributed by atoms with Gasteiger partial charge >= 0.3 is 0 Å². The molecule has 2 aromatic carbocycles. The second-order valence-corrected chi connectivity index (χ2v) is 20.1. The smallest absolute Gasteiger partial charge is 0.245 e. The number of fused-ring (bicyclic) bond motifs is 2. The van der Waals surface area contributed by atoms with Gasteiger partial charge in [0.15, 0.2) is 0 Å². The standard InChI is InChI=1S/C56H74N8O4/c1-39(57-3)53(65)59-51(41-21-9-7-10-22-41)55(67)63-33-19-25-45(63)35-43-37-61(49-29-15-13-27-47(43)49)31-17-5-6-18-32-62-38-44(48-28-14-16-30-50(48)62)36-46-26-20-34-64(46)56(68)52(42-23-11-8-12-24-42)60-54(66)40(2)58-4/h13-16,27-30,37-42,45-46,51-52,57-58H,7-12,19-26,31-36H2,1-4H3,(H,59,65)(H,60,66)/t39-,40-,45-,46-,51-,52-/m0/s1. The second kappa shape index (κ2) is 23.2. The molecule has 2 aliphatic heterocycles. The number of aromatic nitrogens is 2. The second-order valence-electron chi connectivity index (χ2n) is 20.1. The number of para-hydroxylation sites is 2. The van der Waals surface area contributed by atoms with E-state index in [2.05, 4.69) is 125 Å². The minimum atomic E-state index is -0.492. The van der Waals surface area contributed by atoms with Crippen molar-refractivity contribution in [2.75, 3.05) is 27.2 Å². The molecule has 6 atom stereocenters. The third kappa shape index (κ3) is 11.3. The number of hydrogen-bond donors (Lipinski definition) is 4. The largest absolute Gasteiger partial charge is 0.343 e. The first-order chi connectivity index (χ1) is 33.1. The maximum Gasteiger partial charge on any atom is 0.245 e. The molecule has 4 aromatic rings. The molecule has 0 radical (unpaired) electrons. The molecule has 2 saturated heterocycles. The van der Waals surface area contributed by atoms with Crippen molar-refractivity contribution in [3.8, 4) is 23.7 Å². The Balaban J connectivity index is 0.925. The van der Waals surface area contributed by atoms with Crippen molar-refractivity contribution < 1.29 is 19.2 Å². The molecule has 4 amide bonds. The minimum Gasteiger partial charge on any atom is -0.343 e. The zero-order chi connectivity index (χ0) is 47.6. The molecule has 68 heavy (non-hydrogen) atoms. The number of rotatable bonds is 16. The number of carbonyl (C=O) groups is 4. The van der Waals surface area contributed by atoms with Crippen molar-refractivity contribution in [1.29, 1.82) is 0 Å². The highest BCUT2D eigenvalue weighted by atomic mass is 16.2. The van der Waals surface area contributed by atoms with E-state index in [0.29, 0.717) is 26.2 Å². The lowest BCUT2D eigenvalue weighted by Gasteiger charge is -2.35. The van der Waals surface area contributed by atoms with Gasteiger partial charge in [-0.2, -0.15) is 0 Å². The number of carbonyl (C=O) groups excluding carboxylic acids is 4. The van der Waals surface area contributed by atoms with Crippen LogP contribution in [0.5, 0.6) is 0 Å². The lowest BCUT2D eigenvalue weighted by molar-refractivity contribution is -0.139. The van der Waals surface area contributed by atoms with Gasteiger partial charge in [0.05, 0.1) is 25.2 Å². The van der Waals surface area contributed by atoms with Crippen LogP contribution >= 0.6 is 0 Å². The normalized spacial score (nSPS) is 20.8. The van der Waals surface area contributed by atoms with Crippen molar-refractivity contribution in [3.63, 3.8) is 0 Å². The van der Waals surface area contributed by atoms with Crippen LogP contribution in [0.3, 0.4) is 0 Å². The van der Waals surface area contributed by atoms with Gasteiger partial charge in [0.2, 0.25) is 23.6 Å². The van der Waals surface area contributed by atoms with E-state index in [4.69, 9.17) is 0 Å². The number of nitrogens with one attached hydrogen (secondary N) is 4. The van der Waals surface area contributed by atoms with Gasteiger partial charge in [-0.05, 0) is 139 Å². The summed E-state index contributed by atoms with van der Waals surface area (Å²) in [7, 11) is 3.55. The predicted octanol–water partition coefficient (Wildman–Crippen LogP) is 6.72. The molecule has 2 saturated carbocycles. The highest BCUT2D eigenvalue weighted by Gasteiger charge is 2.40. The fourth-order valence-electron chi connectivity index (χ4n) is 11.6. The molecule has 0 unspecified atom stereocenters. The summed E-state index contributed by atoms with van der Waals surface area (Å²) < 4.78 is 4.39. The van der Waals surface area contributed by atoms with Crippen LogP contribution < -0.4 is 21.3 Å². The summed E-state index contributed by atoms with van der Waals surface area (Å²) in [5.74, 6) is 13.1. The van der Waals surface area contributed by atoms with Crippen LogP contribution in [0, 0.1) is 35.5 Å². The Hall–Kier alpha value is -5.56. The van der Waals surface area contributed by atoms with Crippen molar-refractivity contribution in [2.24, 2.45) is 11.8 Å². The highest BCUT2D eigenvalue weighted by molar-refractivity contribution is 5.91. The Bertz CT molecular complexity index is 2350. The maximum atomic E-state index is 14.4. The zero-order valence-electron chi connectivity index (χ0n) is 41.0. The predicted molar refractivity (Wildman–Crippen MR) is 270 cm³/mol. The number of likely N-dealkylation sites (tertiary alicyclic amines) is 2. The first-order valence-electron chi connectivity index (χ1n) is 25.8. The maximum absolute atomic E-state index is 14.4. The van der Waals surface area contributed by atoms with E-state index in [9.17, 15) is 19.2 Å². The molecule has 4 N–H and O–H groups in total. The van der Waals surface area contributed by atoms with E-state index >= 15 is 0 Å². The van der Waals surface area contributed by atoms with Gasteiger partial charge in [-0.15, -0.1) is 0 Å². The van der Waals surface area contributed by atoms with Crippen LogP contribution in [-0.4, -0.2) is 106 Å². The molecule has 0 spiro atoms. The van der Waals surface area contributed by atoms with Crippen LogP contribution in [0.4, 0.5) is 0 Å². The first-order valence-corrected chi connectivity index (χ1v) is 25.8. The van der Waals surface area contributed by atoms with Crippen LogP contribution in [0.1, 0.15) is 115 Å². The van der Waals surface area contributed by atoms with Crippen LogP contribution in [0.25, 0.3) is 21.8 Å². The summed E-state index contributed by atoms with van der Waals surface area (Å²) in [4.78, 5) is 59.1. The summed E-state index contributed by atoms with van der Waals surface area (Å²) >= 11 is 0. The van der Waals surface area contributed by atoms with E-state index in [-0.39, 0.29) is 59.6 Å². The number of likely N-dealkylation sites (N-methyl/N-ethyl adjacent to an activating group) is 2. The molecule has 2 aliphatic carbocycles. The van der Waals surface area contributed by atoms with Crippen molar-refractivity contribution >= 4 is 45.4 Å². The summed E-state index contributed by atoms with van der Waals surface area (Å²) in [6.45, 7) is 6.10. The Morgan fingerprint density at radius 1 is 0.559 bits per heavy atom. The quantitative estimate of drug-likeness (QED) is 0.0925. The number of nitrogens with zero attached hydrogens (tertiary/aromatic N) is 4. The van der Waals surface area contributed by atoms with E-state index in [1.54, 1.807) is 14.1 Å². The van der Waals surface area contributed by atoms with Crippen molar-refractivity contribution in [3.05, 3.63) is 72.1 Å². The van der Waals surface area contributed by atoms with Crippen LogP contribution in [-0.2, 0) is 45.1 Å². The molecule has 2 aromatic heterocycles. The first kappa shape index (κ1) is 48.9. The molecule has 0 bridgehead atoms. The molecule has 4 heterocycles. The molecule has 8 rings (SSSR count). The third-order valence-electron chi connectivity index (χ3n) is 15.7. The van der Waals surface area contributed by atoms with Gasteiger partial charge in [-0.3, -0.25) is 19.2 Å². The molecule has 362 valence electrons. The molecule has 4 fully saturated rings. The van der Waals surface area contributed by atoms with E-state index in [0.717, 1.165) is 101 Å². The van der Waals surface area contributed by atoms with E-state index < -0.39 is 12.1 Å². The van der Waals surface area contributed by atoms with Gasteiger partial charge in [-0.1, -0.05) is 86.8 Å². The van der Waals surface area contributed by atoms with Crippen LogP contribution in [0.15, 0.2) is 60.9 Å². The van der Waals surface area contributed by atoms with Gasteiger partial charge in [0.1, 0.15) is 12.1 Å². The monoisotopic (exact) mass is 923 g/mol. The minimum absolute atomic E-state index is 0.0680. The van der Waals surface area contributed by atoms with E-state index in [1.165, 1.54) is 34.7 Å². The highest BCUT2D eigenvalue weighted by Crippen LogP contribution is 2.34. The lowest BCUT2D eigenvalue weighted by Crippen LogP contribution is -2.56. The number of amides is 4. The molecular formula is C56H74N8O4. The average Bonchev–Trinajstić information content (AvgIpc) is 4.19. The van der Waals surface area contributed by atoms with Gasteiger partial charge in [-0.25, -0.2) is 0 Å². The van der Waals surface area contributed by atoms with E-state index in [1.807, 2.05) is 13.8 Å². The topological polar surface area (TPSA) is 133 Å². The molecule has 4 aliphatic rings. The van der Waals surface area contributed by atoms with Gasteiger partial charge in [0, 0.05) is 59.4 Å². The molecule has 12 nitrogen and oxygen atoms in total. The summed E-state index contributed by atoms with van der Waals surface area (Å²) in [5, 5.41) is 14.8. The number of hydrogen-bond acceptors (Lipinski definition) is 6. The Morgan fingerprint density at radius 2 is 0.956 bits per heavy atom. The number of benzene rings is 2. The Kier molecular flexibility index (Phi) is 16.6. The molecule has 12 heteroatoms. The summed E-state index contributed by atoms with van der Waals surface area (Å²) in [6.07, 6.45) is 20.3. The Labute approximate surface area is 404 Å². The SMILES string of the molecule is CN[C@@H](C)C(=O)N[C@H](C(=O)N1CCC[C@H]1Cc1cn(CC#CC#CCn2cc(C[C@@H]3CCCN3C(=O)[C@@H](NC(=O)[C@H](C)NC)C3CCCCC3)c3ccccc32)c2ccccc12)C1CCCCC1. The lowest BCUT2D eigenvalue weighted by atomic mass is 9.83. The average molecular weight is 923 g/mol. The third-order valence-corrected chi connectivity index (χ3v) is 15.7.